The van der Waals surface area contributed by atoms with Crippen molar-refractivity contribution in [3.63, 3.8) is 0 Å². The molecule has 0 bridgehead atoms. The molecule has 0 aliphatic heterocycles. The third kappa shape index (κ3) is 635. The molecule has 0 unspecified atom stereocenters. The minimum absolute atomic E-state index is 0. The predicted octanol–water partition coefficient (Wildman–Crippen LogP) is -4.74. The fourth-order valence-electron chi connectivity index (χ4n) is 0. The third-order valence-electron chi connectivity index (χ3n) is 0. The second-order valence-electron chi connectivity index (χ2n) is 1.39. The molecule has 0 atom stereocenters. The molecule has 0 spiro atoms. The van der Waals surface area contributed by atoms with Crippen molar-refractivity contribution in [3.8, 4) is 0 Å². The van der Waals surface area contributed by atoms with Crippen molar-refractivity contribution < 1.29 is 50.7 Å². The second-order valence-corrected chi connectivity index (χ2v) is 1.39. The van der Waals surface area contributed by atoms with Crippen LogP contribution in [0.15, 0.2) is 6.58 Å². The Balaban J connectivity index is -0.00000000625. The van der Waals surface area contributed by atoms with Crippen molar-refractivity contribution in [2.75, 3.05) is 0 Å². The van der Waals surface area contributed by atoms with Gasteiger partial charge in [-0.3, -0.25) is 6.58 Å². The van der Waals surface area contributed by atoms with E-state index in [0.717, 1.165) is 0 Å². The van der Waals surface area contributed by atoms with Crippen molar-refractivity contribution in [3.05, 3.63) is 20.1 Å². The summed E-state index contributed by atoms with van der Waals surface area (Å²) in [6.07, 6.45) is 0. The Kier molecular flexibility index (Phi) is 227. The van der Waals surface area contributed by atoms with Crippen LogP contribution in [0.4, 0.5) is 0 Å². The van der Waals surface area contributed by atoms with Gasteiger partial charge in [0.1, 0.15) is 0 Å². The van der Waals surface area contributed by atoms with Crippen LogP contribution in [0.2, 0.25) is 0 Å². The van der Waals surface area contributed by atoms with Crippen LogP contribution in [0.3, 0.4) is 0 Å². The molecule has 0 aliphatic rings. The molecule has 0 radical (unpaired) electrons. The Morgan fingerprint density at radius 2 is 1.20 bits per heavy atom. The molecule has 0 aromatic rings. The van der Waals surface area contributed by atoms with Gasteiger partial charge in [-0.15, -0.1) is 0 Å². The first-order chi connectivity index (χ1) is 2.73. The van der Waals surface area contributed by atoms with Crippen LogP contribution in [-0.2, 0) is 20.4 Å². The molecular formula is C6H14Cl2OPd-2. The molecule has 0 saturated heterocycles. The number of hydrogen-bond acceptors (Lipinski definition) is 0. The molecule has 2 N–H and O–H groups in total. The van der Waals surface area contributed by atoms with E-state index in [1.54, 1.807) is 0 Å². The average Bonchev–Trinajstić information content (AvgIpc) is 1.41. The van der Waals surface area contributed by atoms with Crippen LogP contribution in [0.5, 0.6) is 0 Å². The fourth-order valence-corrected chi connectivity index (χ4v) is 0. The first-order valence-electron chi connectivity index (χ1n) is 1.97. The second kappa shape index (κ2) is 51.2. The van der Waals surface area contributed by atoms with Crippen molar-refractivity contribution >= 4 is 0 Å². The third-order valence-corrected chi connectivity index (χ3v) is 0. The standard InChI is InChI=1S/C4H9.C2H3.2ClH.H2O.Pd/c1-4(2)3;1-2;;;;/h4H,1H2,2-3H3;1H,2H2;2*1H;1H2;/q2*-1;;;;+2/p-2. The molecule has 1 nitrogen and oxygen atoms in total. The van der Waals surface area contributed by atoms with E-state index in [9.17, 15) is 0 Å². The smallest absolute Gasteiger partial charge is 1.00 e. The van der Waals surface area contributed by atoms with Crippen molar-refractivity contribution in [1.82, 2.24) is 0 Å². The summed E-state index contributed by atoms with van der Waals surface area (Å²) in [4.78, 5) is 0. The first-order valence-corrected chi connectivity index (χ1v) is 1.97. The fraction of sp³-hybridized carbons (Fsp3) is 0.500. The van der Waals surface area contributed by atoms with Crippen LogP contribution < -0.4 is 24.8 Å². The van der Waals surface area contributed by atoms with Crippen LogP contribution in [0, 0.1) is 19.4 Å². The van der Waals surface area contributed by atoms with E-state index >= 15 is 0 Å². The van der Waals surface area contributed by atoms with Gasteiger partial charge in [0, 0.05) is 0 Å². The molecule has 0 saturated carbocycles. The molecule has 4 heteroatoms. The van der Waals surface area contributed by atoms with E-state index in [1.807, 2.05) is 0 Å². The van der Waals surface area contributed by atoms with Gasteiger partial charge in [-0.2, -0.15) is 5.92 Å². The van der Waals surface area contributed by atoms with Crippen molar-refractivity contribution in [1.29, 1.82) is 0 Å². The predicted molar refractivity (Wildman–Crippen MR) is 33.7 cm³/mol. The van der Waals surface area contributed by atoms with E-state index in [0.29, 0.717) is 5.92 Å². The zero-order chi connectivity index (χ0) is 5.58. The van der Waals surface area contributed by atoms with Gasteiger partial charge in [0.2, 0.25) is 0 Å². The van der Waals surface area contributed by atoms with Gasteiger partial charge < -0.3 is 43.8 Å². The summed E-state index contributed by atoms with van der Waals surface area (Å²) in [5, 5.41) is 0. The SMILES string of the molecule is O.[CH-]=C.[CH2-]C(C)C.[Cl-].[Cl-].[Pd+2]. The summed E-state index contributed by atoms with van der Waals surface area (Å²) < 4.78 is 0. The van der Waals surface area contributed by atoms with Gasteiger partial charge in [-0.1, -0.05) is 13.8 Å². The molecule has 0 heterocycles. The summed E-state index contributed by atoms with van der Waals surface area (Å²) >= 11 is 0. The summed E-state index contributed by atoms with van der Waals surface area (Å²) in [6.45, 7) is 14.8. The Bertz CT molecular complexity index is 27.0. The van der Waals surface area contributed by atoms with Gasteiger partial charge in [-0.25, -0.2) is 0 Å². The van der Waals surface area contributed by atoms with E-state index in [2.05, 4.69) is 33.9 Å². The minimum Gasteiger partial charge on any atom is -1.00 e. The minimum atomic E-state index is 0. The summed E-state index contributed by atoms with van der Waals surface area (Å²) in [6, 6.07) is 0. The first kappa shape index (κ1) is 44.3. The van der Waals surface area contributed by atoms with E-state index in [4.69, 9.17) is 0 Å². The molecular weight excluding hydrogens is 265 g/mol. The zero-order valence-electron chi connectivity index (χ0n) is 6.14. The van der Waals surface area contributed by atoms with Gasteiger partial charge in [0.05, 0.1) is 0 Å². The summed E-state index contributed by atoms with van der Waals surface area (Å²) in [5.41, 5.74) is 0. The largest absolute Gasteiger partial charge is 2.00 e. The maximum atomic E-state index is 4.25. The zero-order valence-corrected chi connectivity index (χ0v) is 9.21. The van der Waals surface area contributed by atoms with E-state index in [-0.39, 0.29) is 50.7 Å². The van der Waals surface area contributed by atoms with Crippen LogP contribution >= 0.6 is 0 Å². The van der Waals surface area contributed by atoms with E-state index < -0.39 is 0 Å². The number of halogens is 2. The van der Waals surface area contributed by atoms with Gasteiger partial charge in [-0.05, 0) is 0 Å². The molecule has 0 fully saturated rings. The monoisotopic (exact) mass is 278 g/mol. The average molecular weight is 280 g/mol. The van der Waals surface area contributed by atoms with E-state index in [1.165, 1.54) is 0 Å². The summed E-state index contributed by atoms with van der Waals surface area (Å²) in [7, 11) is 0. The van der Waals surface area contributed by atoms with Crippen LogP contribution in [0.1, 0.15) is 13.8 Å². The summed E-state index contributed by atoms with van der Waals surface area (Å²) in [5.74, 6) is 0.583. The molecule has 0 aromatic heterocycles. The van der Waals surface area contributed by atoms with Crippen LogP contribution in [0.25, 0.3) is 0 Å². The van der Waals surface area contributed by atoms with Gasteiger partial charge >= 0.3 is 20.4 Å². The normalized spacial score (nSPS) is 4.00. The van der Waals surface area contributed by atoms with Crippen molar-refractivity contribution in [2.45, 2.75) is 13.8 Å². The topological polar surface area (TPSA) is 31.5 Å². The Hall–Kier alpha value is 0.942. The maximum absolute atomic E-state index is 4.25. The number of rotatable bonds is 0. The molecule has 70 valence electrons. The molecule has 0 rings (SSSR count). The van der Waals surface area contributed by atoms with Crippen molar-refractivity contribution in [2.24, 2.45) is 5.92 Å². The Morgan fingerprint density at radius 3 is 1.20 bits per heavy atom. The Morgan fingerprint density at radius 1 is 1.20 bits per heavy atom. The molecule has 0 aliphatic carbocycles. The molecule has 0 aromatic carbocycles. The number of hydrogen-bond donors (Lipinski definition) is 0. The Labute approximate surface area is 90.4 Å². The van der Waals surface area contributed by atoms with Gasteiger partial charge in [0.15, 0.2) is 0 Å². The maximum Gasteiger partial charge on any atom is 2.00 e. The molecule has 0 amide bonds. The van der Waals surface area contributed by atoms with Gasteiger partial charge in [0.25, 0.3) is 0 Å². The quantitative estimate of drug-likeness (QED) is 0.315. The molecule has 10 heavy (non-hydrogen) atoms. The van der Waals surface area contributed by atoms with Crippen LogP contribution in [-0.4, -0.2) is 5.48 Å².